The highest BCUT2D eigenvalue weighted by Gasteiger charge is 2.33. The summed E-state index contributed by atoms with van der Waals surface area (Å²) < 4.78 is 26.4. The Morgan fingerprint density at radius 1 is 0.892 bits per heavy atom. The molecule has 0 unspecified atom stereocenters. The minimum absolute atomic E-state index is 0.0241. The number of rotatable bonds is 10. The van der Waals surface area contributed by atoms with Crippen LogP contribution in [-0.2, 0) is 32.6 Å². The highest BCUT2D eigenvalue weighted by atomic mass is 35.5. The fraction of sp³-hybridized carbons (Fsp3) is 0.231. The van der Waals surface area contributed by atoms with Crippen LogP contribution in [0.4, 0.5) is 5.69 Å². The third kappa shape index (κ3) is 7.85. The average Bonchev–Trinajstić information content (AvgIpc) is 2.84. The maximum Gasteiger partial charge on any atom is 0.244 e. The summed E-state index contributed by atoms with van der Waals surface area (Å²) in [5.41, 5.74) is 1.61. The van der Waals surface area contributed by atoms with Crippen LogP contribution in [0, 0.1) is 0 Å². The summed E-state index contributed by atoms with van der Waals surface area (Å²) in [7, 11) is -2.45. The van der Waals surface area contributed by atoms with Crippen molar-refractivity contribution in [1.29, 1.82) is 0 Å². The lowest BCUT2D eigenvalue weighted by Crippen LogP contribution is -2.52. The molecule has 0 aliphatic rings. The van der Waals surface area contributed by atoms with Crippen LogP contribution in [0.1, 0.15) is 11.1 Å². The topological polar surface area (TPSA) is 86.8 Å². The Labute approximate surface area is 232 Å². The van der Waals surface area contributed by atoms with Crippen molar-refractivity contribution in [3.8, 4) is 0 Å². The zero-order valence-electron chi connectivity index (χ0n) is 20.2. The van der Waals surface area contributed by atoms with E-state index in [1.807, 2.05) is 30.3 Å². The number of halogens is 3. The molecule has 3 aromatic carbocycles. The molecule has 0 aliphatic carbocycles. The quantitative estimate of drug-likeness (QED) is 0.372. The van der Waals surface area contributed by atoms with Gasteiger partial charge in [0.05, 0.1) is 17.0 Å². The molecule has 3 aromatic rings. The van der Waals surface area contributed by atoms with Gasteiger partial charge in [0, 0.05) is 30.1 Å². The normalized spacial score (nSPS) is 12.0. The number of carbonyl (C=O) groups is 2. The molecule has 196 valence electrons. The maximum atomic E-state index is 13.8. The van der Waals surface area contributed by atoms with Gasteiger partial charge < -0.3 is 10.2 Å². The lowest BCUT2D eigenvalue weighted by Gasteiger charge is -2.33. The van der Waals surface area contributed by atoms with E-state index >= 15 is 0 Å². The fourth-order valence-corrected chi connectivity index (χ4v) is 5.47. The molecule has 0 spiro atoms. The molecular formula is C26H26Cl3N3O4S. The predicted molar refractivity (Wildman–Crippen MR) is 149 cm³/mol. The van der Waals surface area contributed by atoms with E-state index in [1.54, 1.807) is 24.3 Å². The van der Waals surface area contributed by atoms with Gasteiger partial charge in [0.2, 0.25) is 21.8 Å². The number of likely N-dealkylation sites (N-methyl/N-ethyl adjacent to an activating group) is 1. The van der Waals surface area contributed by atoms with E-state index < -0.39 is 34.4 Å². The number of hydrogen-bond acceptors (Lipinski definition) is 4. The summed E-state index contributed by atoms with van der Waals surface area (Å²) in [5, 5.41) is 3.48. The van der Waals surface area contributed by atoms with Gasteiger partial charge in [-0.2, -0.15) is 0 Å². The molecule has 0 saturated heterocycles. The highest BCUT2D eigenvalue weighted by Crippen LogP contribution is 2.30. The van der Waals surface area contributed by atoms with Crippen molar-refractivity contribution >= 4 is 62.3 Å². The summed E-state index contributed by atoms with van der Waals surface area (Å²) in [5.74, 6) is -0.990. The molecule has 2 amide bonds. The molecular weight excluding hydrogens is 557 g/mol. The SMILES string of the molecule is CNC(=O)[C@@H](Cc1ccccc1)N(Cc1cccc(Cl)c1)C(=O)CN(c1ccc(Cl)cc1Cl)S(C)(=O)=O. The van der Waals surface area contributed by atoms with E-state index in [4.69, 9.17) is 34.8 Å². The third-order valence-corrected chi connectivity index (χ3v) is 7.52. The van der Waals surface area contributed by atoms with Gasteiger partial charge in [-0.15, -0.1) is 0 Å². The van der Waals surface area contributed by atoms with Gasteiger partial charge in [0.1, 0.15) is 12.6 Å². The Bertz CT molecular complexity index is 1370. The number of nitrogens with one attached hydrogen (secondary N) is 1. The van der Waals surface area contributed by atoms with Gasteiger partial charge in [-0.05, 0) is 41.5 Å². The van der Waals surface area contributed by atoms with Crippen molar-refractivity contribution in [3.63, 3.8) is 0 Å². The second-order valence-corrected chi connectivity index (χ2v) is 11.5. The number of hydrogen-bond donors (Lipinski definition) is 1. The van der Waals surface area contributed by atoms with E-state index in [0.717, 1.165) is 16.1 Å². The second-order valence-electron chi connectivity index (χ2n) is 8.34. The highest BCUT2D eigenvalue weighted by molar-refractivity contribution is 7.92. The van der Waals surface area contributed by atoms with Gasteiger partial charge in [-0.3, -0.25) is 13.9 Å². The zero-order valence-corrected chi connectivity index (χ0v) is 23.3. The molecule has 0 heterocycles. The number of carbonyl (C=O) groups excluding carboxylic acids is 2. The lowest BCUT2D eigenvalue weighted by molar-refractivity contribution is -0.139. The first-order valence-electron chi connectivity index (χ1n) is 11.2. The van der Waals surface area contributed by atoms with E-state index in [-0.39, 0.29) is 23.7 Å². The molecule has 1 N–H and O–H groups in total. The first-order valence-corrected chi connectivity index (χ1v) is 14.2. The Morgan fingerprint density at radius 3 is 2.14 bits per heavy atom. The van der Waals surface area contributed by atoms with Crippen molar-refractivity contribution in [1.82, 2.24) is 10.2 Å². The van der Waals surface area contributed by atoms with Crippen LogP contribution in [0.5, 0.6) is 0 Å². The number of nitrogens with zero attached hydrogens (tertiary/aromatic N) is 2. The standard InChI is InChI=1S/C26H26Cl3N3O4S/c1-30-26(34)24(14-18-7-4-3-5-8-18)31(16-19-9-6-10-20(27)13-19)25(33)17-32(37(2,35)36)23-12-11-21(28)15-22(23)29/h3-13,15,24H,14,16-17H2,1-2H3,(H,30,34)/t24-/m1/s1. The second kappa shape index (κ2) is 12.6. The van der Waals surface area contributed by atoms with Gasteiger partial charge >= 0.3 is 0 Å². The maximum absolute atomic E-state index is 13.8. The summed E-state index contributed by atoms with van der Waals surface area (Å²) in [6.45, 7) is -0.556. The summed E-state index contributed by atoms with van der Waals surface area (Å²) >= 11 is 18.4. The van der Waals surface area contributed by atoms with Crippen molar-refractivity contribution in [3.05, 3.63) is 99.0 Å². The third-order valence-electron chi connectivity index (χ3n) is 5.62. The van der Waals surface area contributed by atoms with Crippen molar-refractivity contribution < 1.29 is 18.0 Å². The Balaban J connectivity index is 2.05. The Hall–Kier alpha value is -2.78. The summed E-state index contributed by atoms with van der Waals surface area (Å²) in [4.78, 5) is 28.3. The van der Waals surface area contributed by atoms with Gasteiger partial charge in [-0.25, -0.2) is 8.42 Å². The minimum atomic E-state index is -3.94. The van der Waals surface area contributed by atoms with Crippen molar-refractivity contribution in [2.75, 3.05) is 24.2 Å². The number of anilines is 1. The van der Waals surface area contributed by atoms with Crippen LogP contribution in [0.3, 0.4) is 0 Å². The minimum Gasteiger partial charge on any atom is -0.357 e. The van der Waals surface area contributed by atoms with Crippen LogP contribution in [0.25, 0.3) is 0 Å². The average molecular weight is 583 g/mol. The molecule has 0 bridgehead atoms. The van der Waals surface area contributed by atoms with Crippen molar-refractivity contribution in [2.45, 2.75) is 19.0 Å². The first-order chi connectivity index (χ1) is 17.5. The monoisotopic (exact) mass is 581 g/mol. The summed E-state index contributed by atoms with van der Waals surface area (Å²) in [6, 6.07) is 19.5. The lowest BCUT2D eigenvalue weighted by atomic mass is 10.0. The van der Waals surface area contributed by atoms with Crippen LogP contribution < -0.4 is 9.62 Å². The smallest absolute Gasteiger partial charge is 0.244 e. The fourth-order valence-electron chi connectivity index (χ4n) is 3.83. The zero-order chi connectivity index (χ0) is 27.2. The van der Waals surface area contributed by atoms with E-state index in [1.165, 1.54) is 30.1 Å². The molecule has 7 nitrogen and oxygen atoms in total. The molecule has 0 radical (unpaired) electrons. The largest absolute Gasteiger partial charge is 0.357 e. The van der Waals surface area contributed by atoms with Crippen LogP contribution in [-0.4, -0.2) is 51.0 Å². The predicted octanol–water partition coefficient (Wildman–Crippen LogP) is 4.80. The Morgan fingerprint density at radius 2 is 1.54 bits per heavy atom. The number of sulfonamides is 1. The van der Waals surface area contributed by atoms with Gasteiger partial charge in [0.25, 0.3) is 0 Å². The van der Waals surface area contributed by atoms with Gasteiger partial charge in [0.15, 0.2) is 0 Å². The van der Waals surface area contributed by atoms with Crippen LogP contribution >= 0.6 is 34.8 Å². The molecule has 0 aromatic heterocycles. The summed E-state index contributed by atoms with van der Waals surface area (Å²) in [6.07, 6.45) is 1.19. The molecule has 3 rings (SSSR count). The molecule has 0 aliphatic heterocycles. The first kappa shape index (κ1) is 28.8. The molecule has 11 heteroatoms. The molecule has 37 heavy (non-hydrogen) atoms. The molecule has 0 saturated carbocycles. The van der Waals surface area contributed by atoms with E-state index in [0.29, 0.717) is 15.6 Å². The Kier molecular flexibility index (Phi) is 9.84. The van der Waals surface area contributed by atoms with E-state index in [2.05, 4.69) is 5.32 Å². The molecule has 1 atom stereocenters. The van der Waals surface area contributed by atoms with E-state index in [9.17, 15) is 18.0 Å². The van der Waals surface area contributed by atoms with Crippen LogP contribution in [0.2, 0.25) is 15.1 Å². The molecule has 0 fully saturated rings. The van der Waals surface area contributed by atoms with Gasteiger partial charge in [-0.1, -0.05) is 77.3 Å². The number of benzene rings is 3. The number of amides is 2. The van der Waals surface area contributed by atoms with Crippen LogP contribution in [0.15, 0.2) is 72.8 Å². The van der Waals surface area contributed by atoms with Crippen molar-refractivity contribution in [2.24, 2.45) is 0 Å².